The molecule has 0 atom stereocenters. The fraction of sp³-hybridized carbons (Fsp3) is 0.333. The Balaban J connectivity index is 1.55. The summed E-state index contributed by atoms with van der Waals surface area (Å²) >= 11 is 0. The molecule has 0 saturated heterocycles. The number of ether oxygens (including phenoxy) is 3. The van der Waals surface area contributed by atoms with Gasteiger partial charge in [-0.2, -0.15) is 0 Å². The average molecular weight is 423 g/mol. The predicted octanol–water partition coefficient (Wildman–Crippen LogP) is 7.29. The lowest BCUT2D eigenvalue weighted by Gasteiger charge is -2.25. The maximum Gasteiger partial charge on any atom is 0.189 e. The highest BCUT2D eigenvalue weighted by atomic mass is 19.1. The van der Waals surface area contributed by atoms with Crippen LogP contribution in [-0.2, 0) is 16.6 Å². The molecule has 3 aromatic carbocycles. The molecule has 3 nitrogen and oxygen atoms in total. The molecule has 0 aliphatic carbocycles. The van der Waals surface area contributed by atoms with Crippen molar-refractivity contribution in [2.24, 2.45) is 0 Å². The molecule has 0 heterocycles. The Bertz CT molecular complexity index is 936. The van der Waals surface area contributed by atoms with Gasteiger partial charge in [-0.25, -0.2) is 4.39 Å². The van der Waals surface area contributed by atoms with Crippen LogP contribution in [0, 0.1) is 5.82 Å². The second-order valence-electron chi connectivity index (χ2n) is 8.20. The highest BCUT2D eigenvalue weighted by molar-refractivity contribution is 5.35. The molecule has 31 heavy (non-hydrogen) atoms. The largest absolute Gasteiger partial charge is 0.468 e. The van der Waals surface area contributed by atoms with Crippen LogP contribution in [0.4, 0.5) is 4.39 Å². The van der Waals surface area contributed by atoms with Gasteiger partial charge in [0, 0.05) is 6.61 Å². The predicted molar refractivity (Wildman–Crippen MR) is 122 cm³/mol. The zero-order chi connectivity index (χ0) is 22.1. The van der Waals surface area contributed by atoms with Gasteiger partial charge >= 0.3 is 0 Å². The standard InChI is InChI=1S/C27H31FO3/c1-4-29-20-30-23-15-13-22(14-16-23)27(2,3)18-8-9-21-12-17-25(28)26(19-21)31-24-10-6-5-7-11-24/h5-7,10-17,19H,4,8-9,18,20H2,1-3H3. The third-order valence-electron chi connectivity index (χ3n) is 5.38. The van der Waals surface area contributed by atoms with Gasteiger partial charge in [0.15, 0.2) is 18.4 Å². The SMILES string of the molecule is CCOCOc1ccc(C(C)(C)CCCc2ccc(F)c(Oc3ccccc3)c2)cc1. The average Bonchev–Trinajstić information content (AvgIpc) is 2.77. The lowest BCUT2D eigenvalue weighted by molar-refractivity contribution is 0.0224. The van der Waals surface area contributed by atoms with Crippen molar-refractivity contribution in [3.05, 3.63) is 89.7 Å². The first-order chi connectivity index (χ1) is 15.0. The molecule has 0 amide bonds. The van der Waals surface area contributed by atoms with Crippen molar-refractivity contribution < 1.29 is 18.6 Å². The van der Waals surface area contributed by atoms with Gasteiger partial charge in [0.25, 0.3) is 0 Å². The molecule has 164 valence electrons. The fourth-order valence-electron chi connectivity index (χ4n) is 3.47. The Hall–Kier alpha value is -2.85. The smallest absolute Gasteiger partial charge is 0.189 e. The van der Waals surface area contributed by atoms with Gasteiger partial charge in [-0.05, 0) is 79.1 Å². The normalized spacial score (nSPS) is 11.4. The summed E-state index contributed by atoms with van der Waals surface area (Å²) in [6.07, 6.45) is 2.87. The first-order valence-corrected chi connectivity index (χ1v) is 10.8. The second kappa shape index (κ2) is 11.0. The van der Waals surface area contributed by atoms with E-state index in [-0.39, 0.29) is 23.8 Å². The number of benzene rings is 3. The monoisotopic (exact) mass is 422 g/mol. The van der Waals surface area contributed by atoms with Crippen molar-refractivity contribution in [3.8, 4) is 17.2 Å². The van der Waals surface area contributed by atoms with Crippen LogP contribution in [0.1, 0.15) is 44.7 Å². The molecule has 0 unspecified atom stereocenters. The topological polar surface area (TPSA) is 27.7 Å². The zero-order valence-corrected chi connectivity index (χ0v) is 18.6. The molecule has 3 rings (SSSR count). The summed E-state index contributed by atoms with van der Waals surface area (Å²) in [6.45, 7) is 7.35. The first-order valence-electron chi connectivity index (χ1n) is 10.8. The van der Waals surface area contributed by atoms with E-state index in [9.17, 15) is 4.39 Å². The Morgan fingerprint density at radius 2 is 1.61 bits per heavy atom. The lowest BCUT2D eigenvalue weighted by atomic mass is 9.80. The van der Waals surface area contributed by atoms with Crippen molar-refractivity contribution in [1.29, 1.82) is 0 Å². The van der Waals surface area contributed by atoms with E-state index >= 15 is 0 Å². The van der Waals surface area contributed by atoms with Gasteiger partial charge in [0.05, 0.1) is 0 Å². The summed E-state index contributed by atoms with van der Waals surface area (Å²) in [6, 6.07) is 22.6. The van der Waals surface area contributed by atoms with Crippen LogP contribution in [0.25, 0.3) is 0 Å². The van der Waals surface area contributed by atoms with Crippen molar-refractivity contribution in [1.82, 2.24) is 0 Å². The summed E-state index contributed by atoms with van der Waals surface area (Å²) in [4.78, 5) is 0. The number of hydrogen-bond acceptors (Lipinski definition) is 3. The van der Waals surface area contributed by atoms with Crippen molar-refractivity contribution in [3.63, 3.8) is 0 Å². The maximum absolute atomic E-state index is 14.2. The molecule has 0 saturated carbocycles. The molecular weight excluding hydrogens is 391 g/mol. The quantitative estimate of drug-likeness (QED) is 0.240. The van der Waals surface area contributed by atoms with Gasteiger partial charge in [0.2, 0.25) is 0 Å². The van der Waals surface area contributed by atoms with E-state index in [0.29, 0.717) is 12.4 Å². The Morgan fingerprint density at radius 1 is 0.871 bits per heavy atom. The minimum absolute atomic E-state index is 0.0296. The molecule has 0 aliphatic heterocycles. The van der Waals surface area contributed by atoms with Crippen LogP contribution in [0.2, 0.25) is 0 Å². The van der Waals surface area contributed by atoms with E-state index in [0.717, 1.165) is 30.6 Å². The molecule has 0 aliphatic rings. The molecule has 0 radical (unpaired) electrons. The molecule has 0 spiro atoms. The van der Waals surface area contributed by atoms with Crippen LogP contribution in [0.15, 0.2) is 72.8 Å². The maximum atomic E-state index is 14.2. The van der Waals surface area contributed by atoms with Crippen LogP contribution in [0.5, 0.6) is 17.2 Å². The van der Waals surface area contributed by atoms with Crippen molar-refractivity contribution in [2.45, 2.75) is 45.4 Å². The van der Waals surface area contributed by atoms with Gasteiger partial charge in [-0.3, -0.25) is 0 Å². The lowest BCUT2D eigenvalue weighted by Crippen LogP contribution is -2.17. The van der Waals surface area contributed by atoms with Gasteiger partial charge in [-0.1, -0.05) is 50.2 Å². The number of para-hydroxylation sites is 1. The summed E-state index contributed by atoms with van der Waals surface area (Å²) in [7, 11) is 0. The fourth-order valence-corrected chi connectivity index (χ4v) is 3.47. The Kier molecular flexibility index (Phi) is 8.07. The van der Waals surface area contributed by atoms with E-state index in [1.165, 1.54) is 11.6 Å². The Labute approximate surface area is 184 Å². The zero-order valence-electron chi connectivity index (χ0n) is 18.6. The van der Waals surface area contributed by atoms with Gasteiger partial charge in [0.1, 0.15) is 11.5 Å². The number of hydrogen-bond donors (Lipinski definition) is 0. The molecule has 0 bridgehead atoms. The highest BCUT2D eigenvalue weighted by Crippen LogP contribution is 2.31. The summed E-state index contributed by atoms with van der Waals surface area (Å²) in [5.74, 6) is 1.36. The number of rotatable bonds is 11. The molecule has 4 heteroatoms. The first kappa shape index (κ1) is 22.8. The molecule has 0 fully saturated rings. The third-order valence-corrected chi connectivity index (χ3v) is 5.38. The van der Waals surface area contributed by atoms with Crippen molar-refractivity contribution in [2.75, 3.05) is 13.4 Å². The van der Waals surface area contributed by atoms with Crippen LogP contribution in [0.3, 0.4) is 0 Å². The van der Waals surface area contributed by atoms with Crippen molar-refractivity contribution >= 4 is 0 Å². The Morgan fingerprint density at radius 3 is 2.32 bits per heavy atom. The molecule has 0 aromatic heterocycles. The minimum Gasteiger partial charge on any atom is -0.468 e. The molecule has 3 aromatic rings. The number of halogens is 1. The van der Waals surface area contributed by atoms with Crippen LogP contribution >= 0.6 is 0 Å². The van der Waals surface area contributed by atoms with E-state index < -0.39 is 0 Å². The molecule has 0 N–H and O–H groups in total. The molecular formula is C27H31FO3. The second-order valence-corrected chi connectivity index (χ2v) is 8.20. The third kappa shape index (κ3) is 6.83. The summed E-state index contributed by atoms with van der Waals surface area (Å²) in [5.41, 5.74) is 2.37. The number of aryl methyl sites for hydroxylation is 1. The van der Waals surface area contributed by atoms with Gasteiger partial charge < -0.3 is 14.2 Å². The van der Waals surface area contributed by atoms with Gasteiger partial charge in [-0.15, -0.1) is 0 Å². The summed E-state index contributed by atoms with van der Waals surface area (Å²) < 4.78 is 30.7. The van der Waals surface area contributed by atoms with E-state index in [1.54, 1.807) is 6.07 Å². The van der Waals surface area contributed by atoms with E-state index in [4.69, 9.17) is 14.2 Å². The minimum atomic E-state index is -0.348. The van der Waals surface area contributed by atoms with E-state index in [2.05, 4.69) is 26.0 Å². The summed E-state index contributed by atoms with van der Waals surface area (Å²) in [5, 5.41) is 0. The highest BCUT2D eigenvalue weighted by Gasteiger charge is 2.20. The van der Waals surface area contributed by atoms with Crippen LogP contribution < -0.4 is 9.47 Å². The van der Waals surface area contributed by atoms with E-state index in [1.807, 2.05) is 55.5 Å². The van der Waals surface area contributed by atoms with Crippen LogP contribution in [-0.4, -0.2) is 13.4 Å².